The fourth-order valence-electron chi connectivity index (χ4n) is 8.69. The molecular weight excluding hydrogens is 736 g/mol. The third kappa shape index (κ3) is 8.16. The van der Waals surface area contributed by atoms with Crippen molar-refractivity contribution in [2.75, 3.05) is 55.6 Å². The van der Waals surface area contributed by atoms with Gasteiger partial charge in [-0.3, -0.25) is 4.90 Å². The third-order valence-corrected chi connectivity index (χ3v) is 11.6. The van der Waals surface area contributed by atoms with E-state index in [1.165, 1.54) is 32.5 Å². The molecule has 1 unspecified atom stereocenters. The number of carboxylic acid groups (broad SMARTS) is 2. The lowest BCUT2D eigenvalue weighted by Crippen LogP contribution is -2.64. The Hall–Kier alpha value is -5.57. The largest absolute Gasteiger partial charge is 0.504 e. The Bertz CT molecular complexity index is 1960. The maximum Gasteiger partial charge on any atom is 0.338 e. The molecule has 306 valence electrons. The number of methoxy groups -OCH3 is 3. The number of hydrogen-bond acceptors (Lipinski definition) is 12. The number of piperidine rings is 1. The van der Waals surface area contributed by atoms with E-state index in [0.717, 1.165) is 31.4 Å². The van der Waals surface area contributed by atoms with Crippen LogP contribution in [0.3, 0.4) is 0 Å². The monoisotopic (exact) mass is 788 g/mol. The Labute approximate surface area is 332 Å². The van der Waals surface area contributed by atoms with Crippen LogP contribution >= 0.6 is 0 Å². The Morgan fingerprint density at radius 1 is 0.965 bits per heavy atom. The number of nitrogens with zero attached hydrogens (tertiary/aromatic N) is 2. The highest BCUT2D eigenvalue weighted by Gasteiger charge is 2.64. The van der Waals surface area contributed by atoms with E-state index in [4.69, 9.17) is 33.9 Å². The van der Waals surface area contributed by atoms with Gasteiger partial charge < -0.3 is 49.0 Å². The van der Waals surface area contributed by atoms with E-state index in [2.05, 4.69) is 42.0 Å². The molecule has 1 saturated heterocycles. The van der Waals surface area contributed by atoms with Gasteiger partial charge in [0.15, 0.2) is 23.0 Å². The first-order chi connectivity index (χ1) is 27.2. The number of rotatable bonds is 11. The molecular formula is C43H52N2O12. The summed E-state index contributed by atoms with van der Waals surface area (Å²) in [5.41, 5.74) is 3.31. The molecule has 4 aliphatic rings. The molecule has 0 saturated carbocycles. The smallest absolute Gasteiger partial charge is 0.338 e. The number of aliphatic hydroxyl groups excluding tert-OH is 1. The molecule has 2 bridgehead atoms. The maximum atomic E-state index is 12.8. The van der Waals surface area contributed by atoms with Gasteiger partial charge in [0.25, 0.3) is 0 Å². The molecule has 2 aliphatic carbocycles. The predicted octanol–water partition coefficient (Wildman–Crippen LogP) is 4.65. The second-order valence-corrected chi connectivity index (χ2v) is 14.6. The molecule has 0 aromatic heterocycles. The molecule has 3 aromatic carbocycles. The first-order valence-electron chi connectivity index (χ1n) is 18.6. The normalized spacial score (nSPS) is 23.4. The molecule has 14 nitrogen and oxygen atoms in total. The Kier molecular flexibility index (Phi) is 13.2. The average Bonchev–Trinajstić information content (AvgIpc) is 3.57. The lowest BCUT2D eigenvalue weighted by Gasteiger charge is -2.56. The van der Waals surface area contributed by atoms with Gasteiger partial charge in [0.2, 0.25) is 5.75 Å². The van der Waals surface area contributed by atoms with Crippen molar-refractivity contribution in [3.63, 3.8) is 0 Å². The zero-order chi connectivity index (χ0) is 41.7. The second-order valence-electron chi connectivity index (χ2n) is 14.6. The van der Waals surface area contributed by atoms with Crippen molar-refractivity contribution in [1.29, 1.82) is 0 Å². The molecule has 57 heavy (non-hydrogen) atoms. The van der Waals surface area contributed by atoms with Crippen molar-refractivity contribution in [2.24, 2.45) is 5.92 Å². The maximum absolute atomic E-state index is 12.8. The number of likely N-dealkylation sites (tertiary alicyclic amines) is 1. The first-order valence-corrected chi connectivity index (χ1v) is 18.6. The molecule has 3 aromatic rings. The number of phenolic OH excluding ortho intramolecular Hbond substituents is 1. The highest BCUT2D eigenvalue weighted by atomic mass is 16.5. The standard InChI is InChI=1S/C22H29NO5.C17H19NO3.C4H4O4/c1-7-22(23(2)3,17-11-9-8-10-12-17)15-28-21(24)16-13-18(25-4)20(27-6)19(14-16)26-5;1-18-7-6-17-10-3-5-13(20)16(17)21-15-12(19)4-2-9(14(15)17)8-11(10)18;5-3(6)1-2-4(7)8/h8-14H,7,15H2,1-6H3;2-5,10-11,13,16,19-20H,6-8H2,1H3;1-2H,(H,5,6)(H,7,8)/b;;2-1-/t;10-,11+,13-,16-,17-;/m.0./s1. The van der Waals surface area contributed by atoms with Gasteiger partial charge in [-0.1, -0.05) is 55.5 Å². The molecule has 14 heteroatoms. The van der Waals surface area contributed by atoms with Crippen LogP contribution in [0.5, 0.6) is 28.7 Å². The summed E-state index contributed by atoms with van der Waals surface area (Å²) < 4.78 is 27.8. The summed E-state index contributed by atoms with van der Waals surface area (Å²) in [4.78, 5) is 36.4. The van der Waals surface area contributed by atoms with E-state index in [1.54, 1.807) is 18.2 Å². The van der Waals surface area contributed by atoms with Crippen LogP contribution in [0.15, 0.2) is 78.9 Å². The van der Waals surface area contributed by atoms with Crippen molar-refractivity contribution in [3.05, 3.63) is 101 Å². The number of hydrogen-bond donors (Lipinski definition) is 4. The number of aliphatic carboxylic acids is 2. The summed E-state index contributed by atoms with van der Waals surface area (Å²) in [6.45, 7) is 3.31. The molecule has 0 amide bonds. The highest BCUT2D eigenvalue weighted by Crippen LogP contribution is 2.62. The molecule has 6 atom stereocenters. The number of aromatic hydroxyl groups is 1. The van der Waals surface area contributed by atoms with Crippen molar-refractivity contribution in [1.82, 2.24) is 9.80 Å². The number of carbonyl (C=O) groups excluding carboxylic acids is 1. The van der Waals surface area contributed by atoms with Crippen LogP contribution in [0.4, 0.5) is 0 Å². The molecule has 4 N–H and O–H groups in total. The first kappa shape index (κ1) is 42.6. The van der Waals surface area contributed by atoms with Gasteiger partial charge in [-0.15, -0.1) is 0 Å². The number of aliphatic hydroxyl groups is 1. The van der Waals surface area contributed by atoms with E-state index in [0.29, 0.717) is 52.7 Å². The lowest BCUT2D eigenvalue weighted by atomic mass is 9.53. The number of carbonyl (C=O) groups is 3. The minimum Gasteiger partial charge on any atom is -0.504 e. The highest BCUT2D eigenvalue weighted by molar-refractivity contribution is 5.91. The van der Waals surface area contributed by atoms with Crippen molar-refractivity contribution in [2.45, 2.75) is 55.4 Å². The van der Waals surface area contributed by atoms with Gasteiger partial charge in [-0.25, -0.2) is 14.4 Å². The van der Waals surface area contributed by atoms with Crippen molar-refractivity contribution >= 4 is 17.9 Å². The van der Waals surface area contributed by atoms with Gasteiger partial charge in [0.1, 0.15) is 18.8 Å². The third-order valence-electron chi connectivity index (χ3n) is 11.6. The van der Waals surface area contributed by atoms with E-state index >= 15 is 0 Å². The Morgan fingerprint density at radius 2 is 1.60 bits per heavy atom. The van der Waals surface area contributed by atoms with Crippen molar-refractivity contribution in [3.8, 4) is 28.7 Å². The Balaban J connectivity index is 0.000000187. The summed E-state index contributed by atoms with van der Waals surface area (Å²) in [6.07, 6.45) is 7.08. The van der Waals surface area contributed by atoms with E-state index in [1.807, 2.05) is 44.4 Å². The second kappa shape index (κ2) is 17.7. The zero-order valence-electron chi connectivity index (χ0n) is 33.3. The molecule has 1 spiro atoms. The van der Waals surface area contributed by atoms with Crippen LogP contribution in [0.25, 0.3) is 0 Å². The summed E-state index contributed by atoms with van der Waals surface area (Å²) in [6, 6.07) is 17.5. The van der Waals surface area contributed by atoms with Gasteiger partial charge in [0, 0.05) is 35.1 Å². The van der Waals surface area contributed by atoms with Crippen LogP contribution in [0, 0.1) is 5.92 Å². The minimum atomic E-state index is -1.26. The van der Waals surface area contributed by atoms with E-state index < -0.39 is 29.6 Å². The summed E-state index contributed by atoms with van der Waals surface area (Å²) in [7, 11) is 10.7. The fourth-order valence-corrected chi connectivity index (χ4v) is 8.69. The quantitative estimate of drug-likeness (QED) is 0.120. The lowest BCUT2D eigenvalue weighted by molar-refractivity contribution is -0.134. The van der Waals surface area contributed by atoms with Crippen LogP contribution in [0.1, 0.15) is 46.8 Å². The molecule has 2 heterocycles. The van der Waals surface area contributed by atoms with Crippen molar-refractivity contribution < 1.29 is 58.5 Å². The number of esters is 1. The number of phenols is 1. The van der Waals surface area contributed by atoms with E-state index in [9.17, 15) is 24.6 Å². The summed E-state index contributed by atoms with van der Waals surface area (Å²) in [5.74, 6) is -0.525. The number of ether oxygens (including phenoxy) is 5. The molecule has 7 rings (SSSR count). The van der Waals surface area contributed by atoms with E-state index in [-0.39, 0.29) is 23.9 Å². The zero-order valence-corrected chi connectivity index (χ0v) is 33.3. The fraction of sp³-hybridized carbons (Fsp3) is 0.419. The molecule has 0 radical (unpaired) electrons. The topological polar surface area (TPSA) is 185 Å². The predicted molar refractivity (Wildman–Crippen MR) is 210 cm³/mol. The van der Waals surface area contributed by atoms with Crippen LogP contribution in [0.2, 0.25) is 0 Å². The number of likely N-dealkylation sites (N-methyl/N-ethyl adjacent to an activating group) is 2. The number of carboxylic acids is 2. The number of benzene rings is 3. The molecule has 1 fully saturated rings. The Morgan fingerprint density at radius 3 is 2.14 bits per heavy atom. The summed E-state index contributed by atoms with van der Waals surface area (Å²) >= 11 is 0. The minimum absolute atomic E-state index is 0.160. The van der Waals surface area contributed by atoms with Gasteiger partial charge in [-0.2, -0.15) is 0 Å². The summed E-state index contributed by atoms with van der Waals surface area (Å²) in [5, 5.41) is 36.3. The van der Waals surface area contributed by atoms with Gasteiger partial charge in [0.05, 0.1) is 32.4 Å². The van der Waals surface area contributed by atoms with Crippen LogP contribution in [-0.4, -0.2) is 122 Å². The van der Waals surface area contributed by atoms with Gasteiger partial charge >= 0.3 is 17.9 Å². The van der Waals surface area contributed by atoms with Gasteiger partial charge in [-0.05, 0) is 76.3 Å². The average molecular weight is 789 g/mol. The SMILES string of the molecule is CCC(COC(=O)c1cc(OC)c(OC)c(OC)c1)(c1ccccc1)N(C)C.CN1CC[C@]23c4c5ccc(O)c4O[C@H]2[C@@H](O)C=C[C@H]3[C@H]1C5.O=C(O)/C=C\C(=O)O. The molecule has 2 aliphatic heterocycles. The van der Waals surface area contributed by atoms with Crippen LogP contribution < -0.4 is 18.9 Å². The van der Waals surface area contributed by atoms with Crippen LogP contribution in [-0.2, 0) is 31.7 Å².